The zero-order chi connectivity index (χ0) is 17.2. The minimum atomic E-state index is -0.261. The van der Waals surface area contributed by atoms with E-state index < -0.39 is 0 Å². The van der Waals surface area contributed by atoms with Gasteiger partial charge in [-0.25, -0.2) is 9.37 Å². The monoisotopic (exact) mass is 337 g/mol. The number of aromatic nitrogens is 2. The number of benzene rings is 2. The molecule has 1 aromatic heterocycles. The lowest BCUT2D eigenvalue weighted by Crippen LogP contribution is -2.45. The van der Waals surface area contributed by atoms with Gasteiger partial charge in [-0.15, -0.1) is 0 Å². The van der Waals surface area contributed by atoms with Gasteiger partial charge in [0.1, 0.15) is 11.6 Å². The Morgan fingerprint density at radius 2 is 1.64 bits per heavy atom. The summed E-state index contributed by atoms with van der Waals surface area (Å²) in [7, 11) is 2.14. The average Bonchev–Trinajstić information content (AvgIpc) is 2.64. The number of nitrogens with zero attached hydrogens (tertiary/aromatic N) is 4. The predicted octanol–water partition coefficient (Wildman–Crippen LogP) is 3.26. The van der Waals surface area contributed by atoms with Gasteiger partial charge in [-0.05, 0) is 43.4 Å². The molecule has 2 heterocycles. The molecule has 25 heavy (non-hydrogen) atoms. The first kappa shape index (κ1) is 15.8. The van der Waals surface area contributed by atoms with Crippen molar-refractivity contribution in [3.05, 3.63) is 54.3 Å². The van der Waals surface area contributed by atoms with Crippen LogP contribution in [0.3, 0.4) is 0 Å². The van der Waals surface area contributed by atoms with E-state index in [1.807, 2.05) is 18.2 Å². The van der Waals surface area contributed by atoms with Crippen LogP contribution < -0.4 is 10.2 Å². The van der Waals surface area contributed by atoms with Crippen molar-refractivity contribution in [3.8, 4) is 0 Å². The third kappa shape index (κ3) is 3.39. The van der Waals surface area contributed by atoms with Crippen molar-refractivity contribution in [2.45, 2.75) is 0 Å². The summed E-state index contributed by atoms with van der Waals surface area (Å²) in [6, 6.07) is 14.3. The summed E-state index contributed by atoms with van der Waals surface area (Å²) in [6.07, 6.45) is 0. The van der Waals surface area contributed by atoms with Gasteiger partial charge in [0.15, 0.2) is 0 Å². The molecule has 0 radical (unpaired) electrons. The van der Waals surface area contributed by atoms with Gasteiger partial charge in [0.25, 0.3) is 0 Å². The van der Waals surface area contributed by atoms with Crippen LogP contribution in [0.25, 0.3) is 10.9 Å². The highest BCUT2D eigenvalue weighted by Gasteiger charge is 2.19. The fourth-order valence-electron chi connectivity index (χ4n) is 3.04. The Morgan fingerprint density at radius 3 is 2.40 bits per heavy atom. The van der Waals surface area contributed by atoms with E-state index in [0.717, 1.165) is 48.6 Å². The van der Waals surface area contributed by atoms with Gasteiger partial charge < -0.3 is 15.1 Å². The summed E-state index contributed by atoms with van der Waals surface area (Å²) in [5.41, 5.74) is 1.66. The van der Waals surface area contributed by atoms with Crippen LogP contribution in [0.5, 0.6) is 0 Å². The van der Waals surface area contributed by atoms with Crippen LogP contribution in [-0.4, -0.2) is 48.1 Å². The van der Waals surface area contributed by atoms with E-state index in [1.165, 1.54) is 12.1 Å². The molecule has 5 nitrogen and oxygen atoms in total. The van der Waals surface area contributed by atoms with Crippen molar-refractivity contribution in [1.82, 2.24) is 14.9 Å². The van der Waals surface area contributed by atoms with E-state index in [9.17, 15) is 4.39 Å². The molecule has 0 amide bonds. The lowest BCUT2D eigenvalue weighted by atomic mass is 10.2. The molecular formula is C19H20FN5. The maximum atomic E-state index is 13.1. The largest absolute Gasteiger partial charge is 0.353 e. The van der Waals surface area contributed by atoms with E-state index in [4.69, 9.17) is 4.98 Å². The highest BCUT2D eigenvalue weighted by atomic mass is 19.1. The third-order valence-electron chi connectivity index (χ3n) is 4.49. The Bertz CT molecular complexity index is 873. The number of rotatable bonds is 3. The van der Waals surface area contributed by atoms with Crippen LogP contribution in [-0.2, 0) is 0 Å². The number of fused-ring (bicyclic) bond motifs is 1. The van der Waals surface area contributed by atoms with Crippen LogP contribution in [0.2, 0.25) is 0 Å². The summed E-state index contributed by atoms with van der Waals surface area (Å²) < 4.78 is 13.1. The number of para-hydroxylation sites is 1. The molecule has 1 fully saturated rings. The minimum absolute atomic E-state index is 0.261. The van der Waals surface area contributed by atoms with E-state index in [1.54, 1.807) is 12.1 Å². The summed E-state index contributed by atoms with van der Waals surface area (Å²) in [5, 5.41) is 4.24. The van der Waals surface area contributed by atoms with Crippen LogP contribution in [0.4, 0.5) is 21.8 Å². The van der Waals surface area contributed by atoms with Gasteiger partial charge in [-0.3, -0.25) is 0 Å². The molecule has 1 saturated heterocycles. The molecule has 128 valence electrons. The quantitative estimate of drug-likeness (QED) is 0.795. The molecule has 1 N–H and O–H groups in total. The second-order valence-electron chi connectivity index (χ2n) is 6.31. The van der Waals surface area contributed by atoms with Crippen LogP contribution in [0.15, 0.2) is 48.5 Å². The Kier molecular flexibility index (Phi) is 4.19. The lowest BCUT2D eigenvalue weighted by Gasteiger charge is -2.33. The standard InChI is InChI=1S/C19H20FN5/c1-24-10-12-25(13-11-24)18-16-4-2-3-5-17(16)22-19(23-18)21-15-8-6-14(20)7-9-15/h2-9H,10-13H2,1H3,(H,21,22,23). The van der Waals surface area contributed by atoms with Crippen molar-refractivity contribution in [2.75, 3.05) is 43.4 Å². The molecule has 0 atom stereocenters. The second-order valence-corrected chi connectivity index (χ2v) is 6.31. The molecule has 0 spiro atoms. The number of nitrogens with one attached hydrogen (secondary N) is 1. The van der Waals surface area contributed by atoms with Crippen LogP contribution >= 0.6 is 0 Å². The smallest absolute Gasteiger partial charge is 0.229 e. The fraction of sp³-hybridized carbons (Fsp3) is 0.263. The highest BCUT2D eigenvalue weighted by Crippen LogP contribution is 2.27. The Labute approximate surface area is 146 Å². The van der Waals surface area contributed by atoms with E-state index in [0.29, 0.717) is 5.95 Å². The topological polar surface area (TPSA) is 44.3 Å². The summed E-state index contributed by atoms with van der Waals surface area (Å²) in [5.74, 6) is 1.21. The van der Waals surface area contributed by atoms with Gasteiger partial charge in [0.2, 0.25) is 5.95 Å². The number of hydrogen-bond acceptors (Lipinski definition) is 5. The molecule has 0 unspecified atom stereocenters. The average molecular weight is 337 g/mol. The SMILES string of the molecule is CN1CCN(c2nc(Nc3ccc(F)cc3)nc3ccccc23)CC1. The number of anilines is 3. The zero-order valence-corrected chi connectivity index (χ0v) is 14.1. The fourth-order valence-corrected chi connectivity index (χ4v) is 3.04. The Hall–Kier alpha value is -2.73. The lowest BCUT2D eigenvalue weighted by molar-refractivity contribution is 0.312. The van der Waals surface area contributed by atoms with Gasteiger partial charge in [-0.1, -0.05) is 12.1 Å². The van der Waals surface area contributed by atoms with Crippen molar-refractivity contribution in [2.24, 2.45) is 0 Å². The minimum Gasteiger partial charge on any atom is -0.353 e. The number of piperazine rings is 1. The highest BCUT2D eigenvalue weighted by molar-refractivity contribution is 5.90. The van der Waals surface area contributed by atoms with E-state index in [-0.39, 0.29) is 5.82 Å². The normalized spacial score (nSPS) is 15.5. The molecule has 6 heteroatoms. The number of hydrogen-bond donors (Lipinski definition) is 1. The van der Waals surface area contributed by atoms with E-state index in [2.05, 4.69) is 33.2 Å². The summed E-state index contributed by atoms with van der Waals surface area (Å²) >= 11 is 0. The Morgan fingerprint density at radius 1 is 0.920 bits per heavy atom. The molecule has 2 aromatic carbocycles. The molecule has 0 bridgehead atoms. The molecule has 3 aromatic rings. The second kappa shape index (κ2) is 6.64. The van der Waals surface area contributed by atoms with Crippen LogP contribution in [0, 0.1) is 5.82 Å². The van der Waals surface area contributed by atoms with Crippen molar-refractivity contribution >= 4 is 28.4 Å². The van der Waals surface area contributed by atoms with Crippen molar-refractivity contribution in [1.29, 1.82) is 0 Å². The molecular weight excluding hydrogens is 317 g/mol. The maximum absolute atomic E-state index is 13.1. The third-order valence-corrected chi connectivity index (χ3v) is 4.49. The first-order chi connectivity index (χ1) is 12.2. The van der Waals surface area contributed by atoms with Gasteiger partial charge in [-0.2, -0.15) is 4.98 Å². The van der Waals surface area contributed by atoms with Gasteiger partial charge in [0, 0.05) is 37.3 Å². The van der Waals surface area contributed by atoms with E-state index >= 15 is 0 Å². The number of likely N-dealkylation sites (N-methyl/N-ethyl adjacent to an activating group) is 1. The molecule has 1 aliphatic rings. The Balaban J connectivity index is 1.71. The molecule has 0 aliphatic carbocycles. The maximum Gasteiger partial charge on any atom is 0.229 e. The zero-order valence-electron chi connectivity index (χ0n) is 14.1. The van der Waals surface area contributed by atoms with Gasteiger partial charge >= 0.3 is 0 Å². The molecule has 0 saturated carbocycles. The van der Waals surface area contributed by atoms with Crippen molar-refractivity contribution in [3.63, 3.8) is 0 Å². The molecule has 4 rings (SSSR count). The van der Waals surface area contributed by atoms with Crippen LogP contribution in [0.1, 0.15) is 0 Å². The first-order valence-electron chi connectivity index (χ1n) is 8.42. The number of halogens is 1. The first-order valence-corrected chi connectivity index (χ1v) is 8.42. The summed E-state index contributed by atoms with van der Waals surface area (Å²) in [6.45, 7) is 3.90. The predicted molar refractivity (Wildman–Crippen MR) is 98.9 cm³/mol. The molecule has 1 aliphatic heterocycles. The van der Waals surface area contributed by atoms with Gasteiger partial charge in [0.05, 0.1) is 5.52 Å². The summed E-state index contributed by atoms with van der Waals surface area (Å²) in [4.78, 5) is 14.0. The van der Waals surface area contributed by atoms with Crippen molar-refractivity contribution < 1.29 is 4.39 Å².